The Morgan fingerprint density at radius 3 is 2.89 bits per heavy atom. The van der Waals surface area contributed by atoms with E-state index in [2.05, 4.69) is 20.8 Å². The van der Waals surface area contributed by atoms with E-state index in [-0.39, 0.29) is 23.1 Å². The van der Waals surface area contributed by atoms with Crippen molar-refractivity contribution in [1.29, 1.82) is 0 Å². The van der Waals surface area contributed by atoms with Crippen LogP contribution in [0.5, 0.6) is 0 Å². The van der Waals surface area contributed by atoms with E-state index in [1.165, 1.54) is 0 Å². The van der Waals surface area contributed by atoms with Gasteiger partial charge in [0.15, 0.2) is 9.84 Å². The number of nitrogens with one attached hydrogen (secondary N) is 2. The maximum atomic E-state index is 11.7. The second-order valence-electron chi connectivity index (χ2n) is 4.74. The number of nitrogens with zero attached hydrogens (tertiary/aromatic N) is 2. The Balaban J connectivity index is 1.90. The SMILES string of the molecule is CCNC(C)c1nnc(NCC2CCCS2(=O)=O)o1. The molecule has 108 valence electrons. The average molecular weight is 288 g/mol. The highest BCUT2D eigenvalue weighted by molar-refractivity contribution is 7.92. The highest BCUT2D eigenvalue weighted by Gasteiger charge is 2.31. The van der Waals surface area contributed by atoms with E-state index in [1.807, 2.05) is 13.8 Å². The highest BCUT2D eigenvalue weighted by atomic mass is 32.2. The molecule has 1 aromatic heterocycles. The van der Waals surface area contributed by atoms with E-state index < -0.39 is 9.84 Å². The van der Waals surface area contributed by atoms with Crippen LogP contribution >= 0.6 is 0 Å². The lowest BCUT2D eigenvalue weighted by atomic mass is 10.2. The Labute approximate surface area is 113 Å². The van der Waals surface area contributed by atoms with Gasteiger partial charge in [-0.3, -0.25) is 0 Å². The lowest BCUT2D eigenvalue weighted by molar-refractivity contribution is 0.428. The van der Waals surface area contributed by atoms with Gasteiger partial charge < -0.3 is 15.1 Å². The quantitative estimate of drug-likeness (QED) is 0.796. The number of anilines is 1. The average Bonchev–Trinajstić information content (AvgIpc) is 2.93. The summed E-state index contributed by atoms with van der Waals surface area (Å²) < 4.78 is 28.8. The van der Waals surface area contributed by atoms with E-state index in [9.17, 15) is 8.42 Å². The van der Waals surface area contributed by atoms with Crippen molar-refractivity contribution < 1.29 is 12.8 Å². The smallest absolute Gasteiger partial charge is 0.315 e. The molecule has 2 rings (SSSR count). The Kier molecular flexibility index (Phi) is 4.41. The summed E-state index contributed by atoms with van der Waals surface area (Å²) >= 11 is 0. The molecule has 2 unspecified atom stereocenters. The Morgan fingerprint density at radius 1 is 1.47 bits per heavy atom. The van der Waals surface area contributed by atoms with Crippen molar-refractivity contribution in [3.63, 3.8) is 0 Å². The van der Waals surface area contributed by atoms with E-state index in [0.29, 0.717) is 18.9 Å². The lowest BCUT2D eigenvalue weighted by Gasteiger charge is -2.09. The number of hydrogen-bond acceptors (Lipinski definition) is 7. The van der Waals surface area contributed by atoms with E-state index in [1.54, 1.807) is 0 Å². The molecule has 1 aliphatic rings. The summed E-state index contributed by atoms with van der Waals surface area (Å²) in [7, 11) is -2.94. The van der Waals surface area contributed by atoms with Crippen LogP contribution in [0.25, 0.3) is 0 Å². The summed E-state index contributed by atoms with van der Waals surface area (Å²) in [4.78, 5) is 0. The summed E-state index contributed by atoms with van der Waals surface area (Å²) in [6.45, 7) is 5.07. The molecule has 1 aromatic rings. The second-order valence-corrected chi connectivity index (χ2v) is 7.14. The maximum Gasteiger partial charge on any atom is 0.315 e. The molecule has 1 saturated heterocycles. The van der Waals surface area contributed by atoms with Crippen LogP contribution in [0.15, 0.2) is 4.42 Å². The third-order valence-electron chi connectivity index (χ3n) is 3.27. The van der Waals surface area contributed by atoms with Gasteiger partial charge in [0, 0.05) is 6.54 Å². The molecule has 0 aliphatic carbocycles. The third kappa shape index (κ3) is 3.44. The molecule has 0 spiro atoms. The molecule has 2 heterocycles. The van der Waals surface area contributed by atoms with Crippen LogP contribution in [0.3, 0.4) is 0 Å². The van der Waals surface area contributed by atoms with Gasteiger partial charge in [0.25, 0.3) is 0 Å². The molecular weight excluding hydrogens is 268 g/mol. The normalized spacial score (nSPS) is 23.4. The molecule has 2 N–H and O–H groups in total. The van der Waals surface area contributed by atoms with Crippen molar-refractivity contribution in [2.75, 3.05) is 24.2 Å². The van der Waals surface area contributed by atoms with Gasteiger partial charge in [0.05, 0.1) is 17.0 Å². The predicted molar refractivity (Wildman–Crippen MR) is 71.7 cm³/mol. The van der Waals surface area contributed by atoms with Crippen molar-refractivity contribution in [1.82, 2.24) is 15.5 Å². The molecule has 0 saturated carbocycles. The van der Waals surface area contributed by atoms with Gasteiger partial charge in [-0.25, -0.2) is 8.42 Å². The summed E-state index contributed by atoms with van der Waals surface area (Å²) in [5.41, 5.74) is 0. The van der Waals surface area contributed by atoms with Crippen LogP contribution < -0.4 is 10.6 Å². The molecule has 0 aromatic carbocycles. The standard InChI is InChI=1S/C11H20N4O3S/c1-3-12-8(2)10-14-15-11(18-10)13-7-9-5-4-6-19(9,16)17/h8-9,12H,3-7H2,1-2H3,(H,13,15). The minimum atomic E-state index is -2.94. The lowest BCUT2D eigenvalue weighted by Crippen LogP contribution is -2.25. The fourth-order valence-electron chi connectivity index (χ4n) is 2.16. The number of rotatable bonds is 6. The van der Waals surface area contributed by atoms with Gasteiger partial charge in [0.1, 0.15) is 0 Å². The molecule has 0 amide bonds. The minimum Gasteiger partial charge on any atom is -0.406 e. The second kappa shape index (κ2) is 5.87. The van der Waals surface area contributed by atoms with Crippen LogP contribution in [-0.4, -0.2) is 42.7 Å². The molecule has 8 heteroatoms. The molecule has 7 nitrogen and oxygen atoms in total. The van der Waals surface area contributed by atoms with Crippen molar-refractivity contribution in [3.8, 4) is 0 Å². The number of aromatic nitrogens is 2. The van der Waals surface area contributed by atoms with Crippen molar-refractivity contribution in [2.24, 2.45) is 0 Å². The topological polar surface area (TPSA) is 97.1 Å². The first kappa shape index (κ1) is 14.3. The summed E-state index contributed by atoms with van der Waals surface area (Å²) in [5.74, 6) is 0.782. The minimum absolute atomic E-state index is 0.0109. The maximum absolute atomic E-state index is 11.7. The van der Waals surface area contributed by atoms with Crippen molar-refractivity contribution >= 4 is 15.9 Å². The number of sulfone groups is 1. The first-order valence-corrected chi connectivity index (χ1v) is 8.26. The summed E-state index contributed by atoms with van der Waals surface area (Å²) in [6, 6.07) is 0.269. The van der Waals surface area contributed by atoms with Gasteiger partial charge >= 0.3 is 6.01 Å². The fourth-order valence-corrected chi connectivity index (χ4v) is 3.93. The highest BCUT2D eigenvalue weighted by Crippen LogP contribution is 2.21. The number of hydrogen-bond donors (Lipinski definition) is 2. The van der Waals surface area contributed by atoms with Crippen LogP contribution in [0, 0.1) is 0 Å². The Morgan fingerprint density at radius 2 is 2.26 bits per heavy atom. The van der Waals surface area contributed by atoms with Crippen LogP contribution in [0.2, 0.25) is 0 Å². The van der Waals surface area contributed by atoms with Crippen molar-refractivity contribution in [2.45, 2.75) is 38.0 Å². The Hall–Kier alpha value is -1.15. The summed E-state index contributed by atoms with van der Waals surface area (Å²) in [5, 5.41) is 13.5. The van der Waals surface area contributed by atoms with Crippen LogP contribution in [-0.2, 0) is 9.84 Å². The first-order chi connectivity index (χ1) is 9.03. The Bertz CT molecular complexity index is 514. The molecule has 2 atom stereocenters. The summed E-state index contributed by atoms with van der Waals surface area (Å²) in [6.07, 6.45) is 1.44. The predicted octanol–water partition coefficient (Wildman–Crippen LogP) is 0.729. The van der Waals surface area contributed by atoms with E-state index in [0.717, 1.165) is 13.0 Å². The van der Waals surface area contributed by atoms with Gasteiger partial charge in [0.2, 0.25) is 5.89 Å². The van der Waals surface area contributed by atoms with Gasteiger partial charge in [-0.15, -0.1) is 5.10 Å². The third-order valence-corrected chi connectivity index (χ3v) is 5.54. The zero-order valence-electron chi connectivity index (χ0n) is 11.2. The van der Waals surface area contributed by atoms with Gasteiger partial charge in [-0.05, 0) is 26.3 Å². The zero-order valence-corrected chi connectivity index (χ0v) is 12.0. The van der Waals surface area contributed by atoms with E-state index in [4.69, 9.17) is 4.42 Å². The fraction of sp³-hybridized carbons (Fsp3) is 0.818. The largest absolute Gasteiger partial charge is 0.406 e. The van der Waals surface area contributed by atoms with Crippen LogP contribution in [0.1, 0.15) is 38.6 Å². The molecule has 1 aliphatic heterocycles. The molecule has 19 heavy (non-hydrogen) atoms. The van der Waals surface area contributed by atoms with Crippen molar-refractivity contribution in [3.05, 3.63) is 5.89 Å². The monoisotopic (exact) mass is 288 g/mol. The molecular formula is C11H20N4O3S. The zero-order chi connectivity index (χ0) is 13.9. The van der Waals surface area contributed by atoms with Gasteiger partial charge in [-0.1, -0.05) is 12.0 Å². The van der Waals surface area contributed by atoms with Crippen LogP contribution in [0.4, 0.5) is 6.01 Å². The van der Waals surface area contributed by atoms with E-state index >= 15 is 0 Å². The molecule has 1 fully saturated rings. The first-order valence-electron chi connectivity index (χ1n) is 6.55. The molecule has 0 radical (unpaired) electrons. The molecule has 0 bridgehead atoms. The van der Waals surface area contributed by atoms with Gasteiger partial charge in [-0.2, -0.15) is 0 Å².